The Morgan fingerprint density at radius 1 is 1.29 bits per heavy atom. The van der Waals surface area contributed by atoms with Gasteiger partial charge in [-0.15, -0.1) is 0 Å². The minimum Gasteiger partial charge on any atom is -0.481 e. The Hall–Kier alpha value is -1.40. The lowest BCUT2D eigenvalue weighted by Gasteiger charge is -2.25. The highest BCUT2D eigenvalue weighted by molar-refractivity contribution is 7.90. The van der Waals surface area contributed by atoms with Crippen molar-refractivity contribution in [3.05, 3.63) is 29.8 Å². The second-order valence-electron chi connectivity index (χ2n) is 5.52. The van der Waals surface area contributed by atoms with E-state index in [2.05, 4.69) is 0 Å². The summed E-state index contributed by atoms with van der Waals surface area (Å²) >= 11 is 0. The van der Waals surface area contributed by atoms with Gasteiger partial charge < -0.3 is 9.84 Å². The molecule has 0 saturated carbocycles. The van der Waals surface area contributed by atoms with Crippen LogP contribution in [0.15, 0.2) is 29.2 Å². The van der Waals surface area contributed by atoms with Gasteiger partial charge in [0.25, 0.3) is 0 Å². The highest BCUT2D eigenvalue weighted by atomic mass is 32.2. The quantitative estimate of drug-likeness (QED) is 0.900. The Morgan fingerprint density at radius 2 is 1.86 bits per heavy atom. The fourth-order valence-electron chi connectivity index (χ4n) is 2.64. The van der Waals surface area contributed by atoms with Gasteiger partial charge in [-0.05, 0) is 42.9 Å². The maximum absolute atomic E-state index is 11.5. The molecule has 1 saturated heterocycles. The molecule has 0 bridgehead atoms. The predicted octanol–water partition coefficient (Wildman–Crippen LogP) is 2.08. The zero-order chi connectivity index (χ0) is 15.5. The van der Waals surface area contributed by atoms with Crippen LogP contribution in [0.5, 0.6) is 0 Å². The molecule has 0 radical (unpaired) electrons. The van der Waals surface area contributed by atoms with Gasteiger partial charge in [-0.25, -0.2) is 8.42 Å². The van der Waals surface area contributed by atoms with Crippen LogP contribution >= 0.6 is 0 Å². The van der Waals surface area contributed by atoms with Gasteiger partial charge in [-0.2, -0.15) is 0 Å². The predicted molar refractivity (Wildman–Crippen MR) is 78.1 cm³/mol. The van der Waals surface area contributed by atoms with E-state index >= 15 is 0 Å². The van der Waals surface area contributed by atoms with Gasteiger partial charge in [0.1, 0.15) is 0 Å². The molecule has 1 heterocycles. The summed E-state index contributed by atoms with van der Waals surface area (Å²) in [6, 6.07) is 6.16. The van der Waals surface area contributed by atoms with E-state index < -0.39 is 21.7 Å². The monoisotopic (exact) mass is 312 g/mol. The van der Waals surface area contributed by atoms with Crippen LogP contribution < -0.4 is 0 Å². The number of sulfone groups is 1. The molecule has 5 nitrogen and oxygen atoms in total. The first-order valence-electron chi connectivity index (χ1n) is 6.98. The maximum Gasteiger partial charge on any atom is 0.310 e. The van der Waals surface area contributed by atoms with E-state index in [1.54, 1.807) is 12.1 Å². The third kappa shape index (κ3) is 4.28. The van der Waals surface area contributed by atoms with Crippen LogP contribution in [0.4, 0.5) is 0 Å². The van der Waals surface area contributed by atoms with Gasteiger partial charge in [0.2, 0.25) is 0 Å². The molecule has 0 spiro atoms. The van der Waals surface area contributed by atoms with Crippen LogP contribution in [-0.4, -0.2) is 39.0 Å². The van der Waals surface area contributed by atoms with E-state index in [9.17, 15) is 18.3 Å². The van der Waals surface area contributed by atoms with E-state index in [4.69, 9.17) is 4.74 Å². The molecule has 1 aromatic rings. The number of carboxylic acid groups (broad SMARTS) is 1. The molecule has 116 valence electrons. The zero-order valence-electron chi connectivity index (χ0n) is 12.0. The Labute approximate surface area is 124 Å². The topological polar surface area (TPSA) is 80.7 Å². The fraction of sp³-hybridized carbons (Fsp3) is 0.533. The van der Waals surface area contributed by atoms with E-state index in [1.165, 1.54) is 12.1 Å². The average molecular weight is 312 g/mol. The number of rotatable bonds is 5. The standard InChI is InChI=1S/C15H20O5S/c1-21(18,19)13-4-2-12(3-5-13)14(15(16)17)10-11-6-8-20-9-7-11/h2-5,11,14H,6-10H2,1H3,(H,16,17)/t14-/m0/s1. The number of carbonyl (C=O) groups is 1. The van der Waals surface area contributed by atoms with Crippen LogP contribution in [0.2, 0.25) is 0 Å². The van der Waals surface area contributed by atoms with Crippen molar-refractivity contribution in [2.45, 2.75) is 30.1 Å². The lowest BCUT2D eigenvalue weighted by atomic mass is 9.85. The van der Waals surface area contributed by atoms with Crippen molar-refractivity contribution < 1.29 is 23.1 Å². The molecule has 1 aliphatic rings. The smallest absolute Gasteiger partial charge is 0.310 e. The third-order valence-electron chi connectivity index (χ3n) is 3.92. The number of aliphatic carboxylic acids is 1. The first kappa shape index (κ1) is 16.0. The summed E-state index contributed by atoms with van der Waals surface area (Å²) in [4.78, 5) is 11.7. The van der Waals surface area contributed by atoms with E-state index in [0.717, 1.165) is 19.1 Å². The van der Waals surface area contributed by atoms with Crippen LogP contribution in [0.3, 0.4) is 0 Å². The SMILES string of the molecule is CS(=O)(=O)c1ccc([C@H](CC2CCOCC2)C(=O)O)cc1. The Morgan fingerprint density at radius 3 is 2.33 bits per heavy atom. The third-order valence-corrected chi connectivity index (χ3v) is 5.05. The van der Waals surface area contributed by atoms with Crippen molar-refractivity contribution in [2.75, 3.05) is 19.5 Å². The number of carboxylic acids is 1. The molecule has 1 aromatic carbocycles. The summed E-state index contributed by atoms with van der Waals surface area (Å²) < 4.78 is 28.2. The van der Waals surface area contributed by atoms with Crippen molar-refractivity contribution in [3.8, 4) is 0 Å². The van der Waals surface area contributed by atoms with Gasteiger partial charge in [0, 0.05) is 19.5 Å². The second kappa shape index (κ2) is 6.58. The minimum absolute atomic E-state index is 0.210. The lowest BCUT2D eigenvalue weighted by Crippen LogP contribution is -2.21. The Bertz CT molecular complexity index is 585. The van der Waals surface area contributed by atoms with Crippen molar-refractivity contribution in [3.63, 3.8) is 0 Å². The molecule has 0 aromatic heterocycles. The van der Waals surface area contributed by atoms with Crippen molar-refractivity contribution in [1.82, 2.24) is 0 Å². The summed E-state index contributed by atoms with van der Waals surface area (Å²) in [6.07, 6.45) is 3.46. The molecule has 1 N–H and O–H groups in total. The number of ether oxygens (including phenoxy) is 1. The van der Waals surface area contributed by atoms with Gasteiger partial charge >= 0.3 is 5.97 Å². The molecule has 0 amide bonds. The number of benzene rings is 1. The van der Waals surface area contributed by atoms with Gasteiger partial charge in [-0.3, -0.25) is 4.79 Å². The van der Waals surface area contributed by atoms with Gasteiger partial charge in [-0.1, -0.05) is 12.1 Å². The molecule has 0 unspecified atom stereocenters. The average Bonchev–Trinajstić information content (AvgIpc) is 2.45. The van der Waals surface area contributed by atoms with Crippen molar-refractivity contribution in [1.29, 1.82) is 0 Å². The lowest BCUT2D eigenvalue weighted by molar-refractivity contribution is -0.139. The van der Waals surface area contributed by atoms with Crippen LogP contribution in [-0.2, 0) is 19.4 Å². The summed E-state index contributed by atoms with van der Waals surface area (Å²) in [6.45, 7) is 1.37. The molecule has 1 aliphatic heterocycles. The minimum atomic E-state index is -3.26. The van der Waals surface area contributed by atoms with Crippen LogP contribution in [0.1, 0.15) is 30.7 Å². The largest absolute Gasteiger partial charge is 0.481 e. The molecule has 0 aliphatic carbocycles. The zero-order valence-corrected chi connectivity index (χ0v) is 12.8. The highest BCUT2D eigenvalue weighted by Crippen LogP contribution is 2.30. The second-order valence-corrected chi connectivity index (χ2v) is 7.54. The van der Waals surface area contributed by atoms with Crippen molar-refractivity contribution in [2.24, 2.45) is 5.92 Å². The summed E-state index contributed by atoms with van der Waals surface area (Å²) in [7, 11) is -3.26. The Balaban J connectivity index is 2.16. The van der Waals surface area contributed by atoms with Crippen LogP contribution in [0.25, 0.3) is 0 Å². The van der Waals surface area contributed by atoms with Crippen molar-refractivity contribution >= 4 is 15.8 Å². The van der Waals surface area contributed by atoms with Gasteiger partial charge in [0.05, 0.1) is 10.8 Å². The van der Waals surface area contributed by atoms with Gasteiger partial charge in [0.15, 0.2) is 9.84 Å². The highest BCUT2D eigenvalue weighted by Gasteiger charge is 2.26. The normalized spacial score (nSPS) is 18.3. The molecule has 6 heteroatoms. The number of hydrogen-bond donors (Lipinski definition) is 1. The Kier molecular flexibility index (Phi) is 5.00. The molecular weight excluding hydrogens is 292 g/mol. The molecule has 1 fully saturated rings. The molecule has 1 atom stereocenters. The molecule has 21 heavy (non-hydrogen) atoms. The summed E-state index contributed by atoms with van der Waals surface area (Å²) in [5.74, 6) is -1.12. The van der Waals surface area contributed by atoms with Crippen LogP contribution in [0, 0.1) is 5.92 Å². The maximum atomic E-state index is 11.5. The van der Waals surface area contributed by atoms with E-state index in [0.29, 0.717) is 31.1 Å². The summed E-state index contributed by atoms with van der Waals surface area (Å²) in [5, 5.41) is 9.44. The molecular formula is C15H20O5S. The fourth-order valence-corrected chi connectivity index (χ4v) is 3.27. The van der Waals surface area contributed by atoms with E-state index in [1.807, 2.05) is 0 Å². The molecule has 2 rings (SSSR count). The van der Waals surface area contributed by atoms with E-state index in [-0.39, 0.29) is 4.90 Å². The first-order valence-corrected chi connectivity index (χ1v) is 8.87. The first-order chi connectivity index (χ1) is 9.88. The summed E-state index contributed by atoms with van der Waals surface area (Å²) in [5.41, 5.74) is 0.654. The number of hydrogen-bond acceptors (Lipinski definition) is 4.